The first-order valence-electron chi connectivity index (χ1n) is 8.98. The first-order chi connectivity index (χ1) is 12.5. The summed E-state index contributed by atoms with van der Waals surface area (Å²) in [5, 5.41) is 3.42. The van der Waals surface area contributed by atoms with Crippen molar-refractivity contribution < 1.29 is 13.2 Å². The molecule has 1 spiro atoms. The van der Waals surface area contributed by atoms with E-state index in [1.807, 2.05) is 31.3 Å². The Bertz CT molecular complexity index is 746. The van der Waals surface area contributed by atoms with Crippen LogP contribution in [0.3, 0.4) is 0 Å². The number of hydrogen-bond donors (Lipinski definition) is 2. The van der Waals surface area contributed by atoms with Crippen LogP contribution >= 0.6 is 24.0 Å². The Morgan fingerprint density at radius 2 is 1.96 bits per heavy atom. The maximum atomic E-state index is 11.6. The van der Waals surface area contributed by atoms with Crippen molar-refractivity contribution in [3.8, 4) is 0 Å². The zero-order valence-corrected chi connectivity index (χ0v) is 19.0. The molecular weight excluding hydrogens is 479 g/mol. The molecule has 7 nitrogen and oxygen atoms in total. The normalized spacial score (nSPS) is 22.9. The fraction of sp³-hybridized carbons (Fsp3) is 0.611. The van der Waals surface area contributed by atoms with Crippen molar-refractivity contribution in [1.29, 1.82) is 0 Å². The largest absolute Gasteiger partial charge is 0.381 e. The zero-order valence-electron chi connectivity index (χ0n) is 15.9. The molecule has 0 bridgehead atoms. The van der Waals surface area contributed by atoms with Gasteiger partial charge in [-0.25, -0.2) is 13.1 Å². The molecule has 1 atom stereocenters. The predicted molar refractivity (Wildman–Crippen MR) is 118 cm³/mol. The number of benzene rings is 1. The molecule has 2 saturated heterocycles. The van der Waals surface area contributed by atoms with E-state index < -0.39 is 10.0 Å². The molecule has 1 aromatic carbocycles. The van der Waals surface area contributed by atoms with Crippen LogP contribution in [0.2, 0.25) is 0 Å². The van der Waals surface area contributed by atoms with E-state index in [1.54, 1.807) is 0 Å². The smallest absolute Gasteiger partial charge is 0.215 e. The second-order valence-electron chi connectivity index (χ2n) is 7.15. The van der Waals surface area contributed by atoms with Gasteiger partial charge in [-0.05, 0) is 31.0 Å². The Kier molecular flexibility index (Phi) is 7.90. The van der Waals surface area contributed by atoms with Gasteiger partial charge in [0.25, 0.3) is 0 Å². The number of sulfonamides is 1. The topological polar surface area (TPSA) is 83.0 Å². The molecule has 0 aromatic heterocycles. The van der Waals surface area contributed by atoms with Crippen molar-refractivity contribution in [2.24, 2.45) is 10.4 Å². The van der Waals surface area contributed by atoms with E-state index in [9.17, 15) is 8.42 Å². The van der Waals surface area contributed by atoms with E-state index in [1.165, 1.54) is 7.05 Å². The van der Waals surface area contributed by atoms with Crippen LogP contribution in [0.25, 0.3) is 0 Å². The van der Waals surface area contributed by atoms with Gasteiger partial charge in [-0.2, -0.15) is 0 Å². The Morgan fingerprint density at radius 1 is 1.26 bits per heavy atom. The van der Waals surface area contributed by atoms with E-state index >= 15 is 0 Å². The molecule has 2 aliphatic heterocycles. The van der Waals surface area contributed by atoms with Crippen molar-refractivity contribution in [3.05, 3.63) is 35.4 Å². The zero-order chi connectivity index (χ0) is 18.6. The van der Waals surface area contributed by atoms with Gasteiger partial charge in [-0.1, -0.05) is 24.3 Å². The van der Waals surface area contributed by atoms with Gasteiger partial charge in [0, 0.05) is 38.7 Å². The first-order valence-corrected chi connectivity index (χ1v) is 10.6. The Hall–Kier alpha value is -0.910. The maximum Gasteiger partial charge on any atom is 0.215 e. The Morgan fingerprint density at radius 3 is 2.56 bits per heavy atom. The van der Waals surface area contributed by atoms with Crippen LogP contribution in [0.1, 0.15) is 24.0 Å². The highest BCUT2D eigenvalue weighted by atomic mass is 127. The molecule has 9 heteroatoms. The van der Waals surface area contributed by atoms with Crippen LogP contribution in [-0.4, -0.2) is 59.7 Å². The third-order valence-electron chi connectivity index (χ3n) is 5.28. The lowest BCUT2D eigenvalue weighted by atomic mass is 9.87. The lowest BCUT2D eigenvalue weighted by Crippen LogP contribution is -2.41. The lowest BCUT2D eigenvalue weighted by molar-refractivity contribution is 0.156. The number of nitrogens with one attached hydrogen (secondary N) is 2. The summed E-state index contributed by atoms with van der Waals surface area (Å²) in [7, 11) is 0.000804. The third-order valence-corrected chi connectivity index (χ3v) is 6.61. The molecule has 27 heavy (non-hydrogen) atoms. The molecule has 3 rings (SSSR count). The summed E-state index contributed by atoms with van der Waals surface area (Å²) in [5.74, 6) is 0.909. The molecule has 2 N–H and O–H groups in total. The molecule has 0 aliphatic carbocycles. The minimum absolute atomic E-state index is 0. The van der Waals surface area contributed by atoms with Gasteiger partial charge in [0.2, 0.25) is 10.0 Å². The standard InChI is InChI=1S/C18H28N4O3S.HI/c1-19-17(22-9-7-18(13-22)8-10-25-14-18)21-11-15-3-5-16(6-4-15)12-26(23,24)20-2;/h3-6,20H,7-14H2,1-2H3,(H,19,21);1H. The summed E-state index contributed by atoms with van der Waals surface area (Å²) in [6.07, 6.45) is 2.29. The van der Waals surface area contributed by atoms with Crippen molar-refractivity contribution in [2.75, 3.05) is 40.4 Å². The van der Waals surface area contributed by atoms with Gasteiger partial charge in [0.05, 0.1) is 12.4 Å². The predicted octanol–water partition coefficient (Wildman–Crippen LogP) is 1.54. The van der Waals surface area contributed by atoms with Gasteiger partial charge in [-0.15, -0.1) is 24.0 Å². The number of aliphatic imine (C=N–C) groups is 1. The average molecular weight is 508 g/mol. The van der Waals surface area contributed by atoms with Crippen LogP contribution in [0.5, 0.6) is 0 Å². The van der Waals surface area contributed by atoms with Crippen LogP contribution in [0.15, 0.2) is 29.3 Å². The molecule has 0 amide bonds. The number of ether oxygens (including phenoxy) is 1. The number of nitrogens with zero attached hydrogens (tertiary/aromatic N) is 2. The highest BCUT2D eigenvalue weighted by Gasteiger charge is 2.42. The van der Waals surface area contributed by atoms with Crippen LogP contribution in [0.4, 0.5) is 0 Å². The van der Waals surface area contributed by atoms with E-state index in [2.05, 4.69) is 19.9 Å². The second-order valence-corrected chi connectivity index (χ2v) is 9.08. The third kappa shape index (κ3) is 5.78. The molecular formula is C18H29IN4O3S. The van der Waals surface area contributed by atoms with Crippen LogP contribution < -0.4 is 10.0 Å². The van der Waals surface area contributed by atoms with Crippen LogP contribution in [0, 0.1) is 5.41 Å². The molecule has 1 aromatic rings. The summed E-state index contributed by atoms with van der Waals surface area (Å²) >= 11 is 0. The fourth-order valence-electron chi connectivity index (χ4n) is 3.65. The van der Waals surface area contributed by atoms with Crippen molar-refractivity contribution in [2.45, 2.75) is 25.1 Å². The summed E-state index contributed by atoms with van der Waals surface area (Å²) < 4.78 is 31.1. The van der Waals surface area contributed by atoms with E-state index in [0.29, 0.717) is 12.0 Å². The molecule has 1 unspecified atom stereocenters. The van der Waals surface area contributed by atoms with E-state index in [4.69, 9.17) is 4.74 Å². The van der Waals surface area contributed by atoms with E-state index in [-0.39, 0.29) is 29.7 Å². The van der Waals surface area contributed by atoms with Crippen molar-refractivity contribution in [1.82, 2.24) is 14.9 Å². The van der Waals surface area contributed by atoms with E-state index in [0.717, 1.165) is 56.2 Å². The fourth-order valence-corrected chi connectivity index (χ4v) is 4.42. The highest BCUT2D eigenvalue weighted by molar-refractivity contribution is 14.0. The Labute approximate surface area is 179 Å². The molecule has 0 saturated carbocycles. The number of hydrogen-bond acceptors (Lipinski definition) is 4. The monoisotopic (exact) mass is 508 g/mol. The molecule has 2 heterocycles. The van der Waals surface area contributed by atoms with Gasteiger partial charge in [0.15, 0.2) is 5.96 Å². The van der Waals surface area contributed by atoms with Gasteiger partial charge in [-0.3, -0.25) is 4.99 Å². The van der Waals surface area contributed by atoms with Gasteiger partial charge in [0.1, 0.15) is 0 Å². The molecule has 2 fully saturated rings. The first kappa shape index (κ1) is 22.4. The van der Waals surface area contributed by atoms with Crippen LogP contribution in [-0.2, 0) is 27.1 Å². The summed E-state index contributed by atoms with van der Waals surface area (Å²) in [6, 6.07) is 7.62. The van der Waals surface area contributed by atoms with Gasteiger partial charge >= 0.3 is 0 Å². The molecule has 152 valence electrons. The summed E-state index contributed by atoms with van der Waals surface area (Å²) in [4.78, 5) is 6.73. The van der Waals surface area contributed by atoms with Crippen molar-refractivity contribution >= 4 is 40.0 Å². The minimum atomic E-state index is -3.24. The van der Waals surface area contributed by atoms with Crippen molar-refractivity contribution in [3.63, 3.8) is 0 Å². The highest BCUT2D eigenvalue weighted by Crippen LogP contribution is 2.38. The quantitative estimate of drug-likeness (QED) is 0.358. The number of rotatable bonds is 5. The summed E-state index contributed by atoms with van der Waals surface area (Å²) in [5.41, 5.74) is 2.17. The molecule has 0 radical (unpaired) electrons. The Balaban J connectivity index is 0.00000261. The SMILES string of the molecule is CN=C(NCc1ccc(CS(=O)(=O)NC)cc1)N1CCC2(CCOC2)C1.I. The minimum Gasteiger partial charge on any atom is -0.381 e. The number of guanidine groups is 1. The summed E-state index contributed by atoms with van der Waals surface area (Å²) in [6.45, 7) is 4.38. The second kappa shape index (κ2) is 9.53. The average Bonchev–Trinajstić information content (AvgIpc) is 3.27. The maximum absolute atomic E-state index is 11.6. The number of likely N-dealkylation sites (tertiary alicyclic amines) is 1. The number of halogens is 1. The molecule has 2 aliphatic rings. The van der Waals surface area contributed by atoms with Gasteiger partial charge < -0.3 is 15.0 Å². The lowest BCUT2D eigenvalue weighted by Gasteiger charge is -2.25.